The van der Waals surface area contributed by atoms with Crippen LogP contribution >= 0.6 is 0 Å². The van der Waals surface area contributed by atoms with Crippen molar-refractivity contribution < 1.29 is 9.84 Å². The van der Waals surface area contributed by atoms with E-state index in [1.54, 1.807) is 0 Å². The Morgan fingerprint density at radius 3 is 2.53 bits per heavy atom. The van der Waals surface area contributed by atoms with Gasteiger partial charge < -0.3 is 15.2 Å². The van der Waals surface area contributed by atoms with Crippen molar-refractivity contribution >= 4 is 0 Å². The van der Waals surface area contributed by atoms with Crippen molar-refractivity contribution in [2.75, 3.05) is 32.9 Å². The molecule has 0 unspecified atom stereocenters. The minimum Gasteiger partial charge on any atom is -0.396 e. The van der Waals surface area contributed by atoms with E-state index in [1.165, 1.54) is 32.1 Å². The van der Waals surface area contributed by atoms with Gasteiger partial charge in [0.15, 0.2) is 0 Å². The van der Waals surface area contributed by atoms with E-state index in [2.05, 4.69) is 5.32 Å². The van der Waals surface area contributed by atoms with Gasteiger partial charge in [0.05, 0.1) is 0 Å². The fraction of sp³-hybridized carbons (Fsp3) is 1.00. The summed E-state index contributed by atoms with van der Waals surface area (Å²) in [6.07, 6.45) is 6.08. The summed E-state index contributed by atoms with van der Waals surface area (Å²) in [4.78, 5) is 0. The molecular weight excluding hydrogens is 190 g/mol. The summed E-state index contributed by atoms with van der Waals surface area (Å²) in [5.41, 5.74) is 0.227. The van der Waals surface area contributed by atoms with E-state index in [0.29, 0.717) is 6.61 Å². The average molecular weight is 213 g/mol. The number of aliphatic hydroxyl groups excluding tert-OH is 1. The first-order valence-corrected chi connectivity index (χ1v) is 6.24. The first-order chi connectivity index (χ1) is 7.35. The van der Waals surface area contributed by atoms with Gasteiger partial charge in [-0.15, -0.1) is 0 Å². The van der Waals surface area contributed by atoms with Crippen LogP contribution < -0.4 is 5.32 Å². The number of aliphatic hydroxyl groups is 1. The summed E-state index contributed by atoms with van der Waals surface area (Å²) in [6.45, 7) is 4.31. The lowest BCUT2D eigenvalue weighted by atomic mass is 9.69. The Balaban J connectivity index is 1.61. The number of nitrogens with one attached hydrogen (secondary N) is 1. The molecule has 1 heterocycles. The molecular formula is C12H23NO2. The average Bonchev–Trinajstić information content (AvgIpc) is 2.24. The SMILES string of the molecule is OCC1(CNCC2CCOCC2)CCC1. The molecule has 0 bridgehead atoms. The van der Waals surface area contributed by atoms with Crippen LogP contribution in [0.4, 0.5) is 0 Å². The highest BCUT2D eigenvalue weighted by atomic mass is 16.5. The van der Waals surface area contributed by atoms with Crippen molar-refractivity contribution in [1.82, 2.24) is 5.32 Å². The first-order valence-electron chi connectivity index (χ1n) is 6.24. The number of ether oxygens (including phenoxy) is 1. The van der Waals surface area contributed by atoms with Gasteiger partial charge in [0.1, 0.15) is 0 Å². The zero-order valence-electron chi connectivity index (χ0n) is 9.50. The molecule has 3 nitrogen and oxygen atoms in total. The predicted octanol–water partition coefficient (Wildman–Crippen LogP) is 1.17. The molecule has 1 saturated heterocycles. The molecule has 0 aromatic carbocycles. The minimum absolute atomic E-state index is 0.227. The van der Waals surface area contributed by atoms with Gasteiger partial charge in [-0.1, -0.05) is 6.42 Å². The number of hydrogen-bond donors (Lipinski definition) is 2. The maximum atomic E-state index is 9.31. The van der Waals surface area contributed by atoms with Crippen LogP contribution in [0.3, 0.4) is 0 Å². The van der Waals surface area contributed by atoms with Gasteiger partial charge in [-0.05, 0) is 38.1 Å². The maximum absolute atomic E-state index is 9.31. The second-order valence-corrected chi connectivity index (χ2v) is 5.20. The molecule has 2 aliphatic rings. The van der Waals surface area contributed by atoms with Crippen molar-refractivity contribution in [3.63, 3.8) is 0 Å². The van der Waals surface area contributed by atoms with Crippen LogP contribution in [-0.2, 0) is 4.74 Å². The van der Waals surface area contributed by atoms with E-state index in [9.17, 15) is 5.11 Å². The summed E-state index contributed by atoms with van der Waals surface area (Å²) in [7, 11) is 0. The molecule has 0 atom stereocenters. The highest BCUT2D eigenvalue weighted by Crippen LogP contribution is 2.39. The summed E-state index contributed by atoms with van der Waals surface area (Å²) in [5.74, 6) is 0.787. The second kappa shape index (κ2) is 5.28. The van der Waals surface area contributed by atoms with Crippen LogP contribution in [0.5, 0.6) is 0 Å². The molecule has 3 heteroatoms. The van der Waals surface area contributed by atoms with Crippen molar-refractivity contribution in [1.29, 1.82) is 0 Å². The van der Waals surface area contributed by atoms with Gasteiger partial charge in [0.25, 0.3) is 0 Å². The third-order valence-corrected chi connectivity index (χ3v) is 4.02. The van der Waals surface area contributed by atoms with Gasteiger partial charge in [0.2, 0.25) is 0 Å². The lowest BCUT2D eigenvalue weighted by Gasteiger charge is -2.41. The molecule has 2 fully saturated rings. The Kier molecular flexibility index (Phi) is 4.00. The van der Waals surface area contributed by atoms with Gasteiger partial charge in [-0.25, -0.2) is 0 Å². The van der Waals surface area contributed by atoms with Gasteiger partial charge in [0, 0.05) is 31.8 Å². The van der Waals surface area contributed by atoms with E-state index in [0.717, 1.165) is 32.2 Å². The Morgan fingerprint density at radius 2 is 2.00 bits per heavy atom. The van der Waals surface area contributed by atoms with E-state index in [1.807, 2.05) is 0 Å². The molecule has 2 rings (SSSR count). The largest absolute Gasteiger partial charge is 0.396 e. The van der Waals surface area contributed by atoms with Crippen LogP contribution in [0.25, 0.3) is 0 Å². The van der Waals surface area contributed by atoms with E-state index in [-0.39, 0.29) is 5.41 Å². The van der Waals surface area contributed by atoms with Crippen LogP contribution in [0, 0.1) is 11.3 Å². The Morgan fingerprint density at radius 1 is 1.27 bits per heavy atom. The van der Waals surface area contributed by atoms with Gasteiger partial charge >= 0.3 is 0 Å². The zero-order chi connectivity index (χ0) is 10.6. The van der Waals surface area contributed by atoms with E-state index in [4.69, 9.17) is 4.74 Å². The molecule has 1 aliphatic carbocycles. The molecule has 0 amide bonds. The highest BCUT2D eigenvalue weighted by Gasteiger charge is 2.35. The Hall–Kier alpha value is -0.120. The summed E-state index contributed by atoms with van der Waals surface area (Å²) in [5, 5.41) is 12.8. The second-order valence-electron chi connectivity index (χ2n) is 5.20. The maximum Gasteiger partial charge on any atom is 0.0499 e. The topological polar surface area (TPSA) is 41.5 Å². The fourth-order valence-corrected chi connectivity index (χ4v) is 2.56. The quantitative estimate of drug-likeness (QED) is 0.720. The standard InChI is InChI=1S/C12H23NO2/c14-10-12(4-1-5-12)9-13-8-11-2-6-15-7-3-11/h11,13-14H,1-10H2. The van der Waals surface area contributed by atoms with Crippen LogP contribution in [0.1, 0.15) is 32.1 Å². The highest BCUT2D eigenvalue weighted by molar-refractivity contribution is 4.89. The molecule has 0 aromatic heterocycles. The van der Waals surface area contributed by atoms with E-state index >= 15 is 0 Å². The summed E-state index contributed by atoms with van der Waals surface area (Å²) >= 11 is 0. The monoisotopic (exact) mass is 213 g/mol. The molecule has 88 valence electrons. The first kappa shape index (κ1) is 11.4. The van der Waals surface area contributed by atoms with E-state index < -0.39 is 0 Å². The fourth-order valence-electron chi connectivity index (χ4n) is 2.56. The summed E-state index contributed by atoms with van der Waals surface area (Å²) in [6, 6.07) is 0. The van der Waals surface area contributed by atoms with Gasteiger partial charge in [-0.3, -0.25) is 0 Å². The Bertz CT molecular complexity index is 181. The van der Waals surface area contributed by atoms with Crippen LogP contribution in [-0.4, -0.2) is 38.0 Å². The molecule has 0 aromatic rings. The summed E-state index contributed by atoms with van der Waals surface area (Å²) < 4.78 is 5.33. The molecule has 0 radical (unpaired) electrons. The third kappa shape index (κ3) is 2.92. The van der Waals surface area contributed by atoms with Crippen LogP contribution in [0.2, 0.25) is 0 Å². The van der Waals surface area contributed by atoms with Crippen LogP contribution in [0.15, 0.2) is 0 Å². The predicted molar refractivity (Wildman–Crippen MR) is 59.8 cm³/mol. The number of hydrogen-bond acceptors (Lipinski definition) is 3. The Labute approximate surface area is 92.2 Å². The third-order valence-electron chi connectivity index (χ3n) is 4.02. The van der Waals surface area contributed by atoms with Gasteiger partial charge in [-0.2, -0.15) is 0 Å². The molecule has 1 aliphatic heterocycles. The van der Waals surface area contributed by atoms with Crippen molar-refractivity contribution in [2.45, 2.75) is 32.1 Å². The van der Waals surface area contributed by atoms with Crippen molar-refractivity contribution in [2.24, 2.45) is 11.3 Å². The minimum atomic E-state index is 0.227. The molecule has 0 spiro atoms. The smallest absolute Gasteiger partial charge is 0.0499 e. The zero-order valence-corrected chi connectivity index (χ0v) is 9.50. The molecule has 2 N–H and O–H groups in total. The molecule has 1 saturated carbocycles. The van der Waals surface area contributed by atoms with Crippen molar-refractivity contribution in [3.05, 3.63) is 0 Å². The normalized spacial score (nSPS) is 26.2. The number of rotatable bonds is 5. The van der Waals surface area contributed by atoms with Crippen molar-refractivity contribution in [3.8, 4) is 0 Å². The lowest BCUT2D eigenvalue weighted by Crippen LogP contribution is -2.44. The molecule has 15 heavy (non-hydrogen) atoms. The lowest BCUT2D eigenvalue weighted by molar-refractivity contribution is 0.0379.